The summed E-state index contributed by atoms with van der Waals surface area (Å²) >= 11 is 5.95. The van der Waals surface area contributed by atoms with Gasteiger partial charge in [0.2, 0.25) is 5.95 Å². The maximum atomic E-state index is 13.6. The van der Waals surface area contributed by atoms with E-state index in [9.17, 15) is 9.00 Å². The number of nitrogens with zero attached hydrogens (tertiary/aromatic N) is 6. The van der Waals surface area contributed by atoms with Crippen LogP contribution in [0.5, 0.6) is 0 Å². The number of aromatic nitrogens is 2. The second-order valence-corrected chi connectivity index (χ2v) is 8.63. The Labute approximate surface area is 168 Å². The smallest absolute Gasteiger partial charge is 0.251 e. The molecule has 0 bridgehead atoms. The summed E-state index contributed by atoms with van der Waals surface area (Å²) in [5.41, 5.74) is 6.42. The van der Waals surface area contributed by atoms with Crippen molar-refractivity contribution in [1.29, 1.82) is 5.26 Å². The molecule has 9 nitrogen and oxygen atoms in total. The van der Waals surface area contributed by atoms with Crippen LogP contribution >= 0.6 is 11.6 Å². The van der Waals surface area contributed by atoms with Crippen LogP contribution < -0.4 is 10.6 Å². The van der Waals surface area contributed by atoms with E-state index in [1.807, 2.05) is 11.0 Å². The van der Waals surface area contributed by atoms with Gasteiger partial charge >= 0.3 is 0 Å². The molecule has 146 valence electrons. The monoisotopic (exact) mass is 419 g/mol. The largest absolute Gasteiger partial charge is 0.399 e. The number of nitrogens with two attached hydrogens (primary N) is 1. The van der Waals surface area contributed by atoms with Crippen LogP contribution in [0, 0.1) is 11.3 Å². The van der Waals surface area contributed by atoms with Crippen LogP contribution in [0.4, 0.5) is 11.6 Å². The fraction of sp³-hybridized carbons (Fsp3) is 0.294. The Morgan fingerprint density at radius 3 is 2.46 bits per heavy atom. The minimum absolute atomic E-state index is 0.176. The van der Waals surface area contributed by atoms with Crippen LogP contribution in [0.1, 0.15) is 12.6 Å². The Kier molecular flexibility index (Phi) is 5.79. The van der Waals surface area contributed by atoms with E-state index in [4.69, 9.17) is 22.6 Å². The highest BCUT2D eigenvalue weighted by Gasteiger charge is 2.29. The van der Waals surface area contributed by atoms with Crippen LogP contribution in [0.3, 0.4) is 0 Å². The molecule has 2 N–H and O–H groups in total. The van der Waals surface area contributed by atoms with E-state index in [0.29, 0.717) is 42.7 Å². The minimum atomic E-state index is -3.10. The number of benzene rings is 1. The molecule has 3 rings (SSSR count). The lowest BCUT2D eigenvalue weighted by atomic mass is 10.3. The first kappa shape index (κ1) is 20.0. The molecule has 1 saturated heterocycles. The Balaban J connectivity index is 1.86. The predicted molar refractivity (Wildman–Crippen MR) is 106 cm³/mol. The van der Waals surface area contributed by atoms with Crippen molar-refractivity contribution in [2.45, 2.75) is 11.8 Å². The van der Waals surface area contributed by atoms with E-state index >= 15 is 0 Å². The maximum absolute atomic E-state index is 13.6. The lowest BCUT2D eigenvalue weighted by Gasteiger charge is -2.35. The van der Waals surface area contributed by atoms with Crippen molar-refractivity contribution in [2.75, 3.05) is 36.8 Å². The number of hydrogen-bond donors (Lipinski definition) is 1. The fourth-order valence-corrected chi connectivity index (χ4v) is 5.01. The lowest BCUT2D eigenvalue weighted by Crippen LogP contribution is -2.49. The molecule has 1 amide bonds. The van der Waals surface area contributed by atoms with Gasteiger partial charge in [0, 0.05) is 44.9 Å². The van der Waals surface area contributed by atoms with Crippen molar-refractivity contribution in [3.05, 3.63) is 41.2 Å². The highest BCUT2D eigenvalue weighted by molar-refractivity contribution is 7.91. The predicted octanol–water partition coefficient (Wildman–Crippen LogP) is 1.69. The standard InChI is InChI=1S/C17H18ClN7O2S/c1-12(26)23-28(27,15-4-2-13(20)3-5-15)25-8-6-24(7-9-25)17-21-14(11-19)10-16(18)22-17/h2-5,10H,6-9,20H2,1H3. The second-order valence-electron chi connectivity index (χ2n) is 6.08. The van der Waals surface area contributed by atoms with Crippen molar-refractivity contribution in [2.24, 2.45) is 4.36 Å². The van der Waals surface area contributed by atoms with Crippen LogP contribution in [0.25, 0.3) is 0 Å². The number of carbonyl (C=O) groups is 1. The summed E-state index contributed by atoms with van der Waals surface area (Å²) in [6.45, 7) is 2.86. The molecule has 1 aliphatic heterocycles. The molecule has 1 unspecified atom stereocenters. The van der Waals surface area contributed by atoms with Gasteiger partial charge in [0.15, 0.2) is 0 Å². The van der Waals surface area contributed by atoms with Gasteiger partial charge in [0.1, 0.15) is 26.8 Å². The van der Waals surface area contributed by atoms with Gasteiger partial charge < -0.3 is 10.6 Å². The molecule has 1 aromatic heterocycles. The van der Waals surface area contributed by atoms with Gasteiger partial charge in [0.05, 0.1) is 4.90 Å². The summed E-state index contributed by atoms with van der Waals surface area (Å²) in [6, 6.07) is 9.84. The van der Waals surface area contributed by atoms with Crippen LogP contribution in [0.2, 0.25) is 5.15 Å². The highest BCUT2D eigenvalue weighted by atomic mass is 35.5. The zero-order chi connectivity index (χ0) is 20.3. The van der Waals surface area contributed by atoms with Crippen molar-refractivity contribution < 1.29 is 9.00 Å². The molecule has 1 aromatic carbocycles. The van der Waals surface area contributed by atoms with E-state index < -0.39 is 15.8 Å². The maximum Gasteiger partial charge on any atom is 0.251 e. The third-order valence-electron chi connectivity index (χ3n) is 4.11. The van der Waals surface area contributed by atoms with Gasteiger partial charge in [-0.25, -0.2) is 18.5 Å². The number of nitrogen functional groups attached to an aromatic ring is 1. The van der Waals surface area contributed by atoms with E-state index in [2.05, 4.69) is 14.3 Å². The average Bonchev–Trinajstić information content (AvgIpc) is 2.67. The van der Waals surface area contributed by atoms with Crippen LogP contribution in [-0.2, 0) is 14.7 Å². The van der Waals surface area contributed by atoms with Gasteiger partial charge in [-0.2, -0.15) is 5.26 Å². The molecule has 2 aromatic rings. The Morgan fingerprint density at radius 2 is 1.89 bits per heavy atom. The number of anilines is 2. The molecule has 0 spiro atoms. The molecule has 28 heavy (non-hydrogen) atoms. The summed E-state index contributed by atoms with van der Waals surface area (Å²) in [5, 5.41) is 9.23. The Hall–Kier alpha value is -2.74. The molecular weight excluding hydrogens is 402 g/mol. The number of rotatable bonds is 3. The average molecular weight is 420 g/mol. The van der Waals surface area contributed by atoms with Gasteiger partial charge in [0.25, 0.3) is 5.91 Å². The van der Waals surface area contributed by atoms with Crippen LogP contribution in [-0.4, -0.2) is 50.6 Å². The zero-order valence-electron chi connectivity index (χ0n) is 15.1. The summed E-state index contributed by atoms with van der Waals surface area (Å²) in [6.07, 6.45) is 0. The third-order valence-corrected chi connectivity index (χ3v) is 6.76. The number of halogens is 1. The molecule has 0 radical (unpaired) electrons. The third kappa shape index (κ3) is 4.22. The molecule has 2 heterocycles. The summed E-state index contributed by atoms with van der Waals surface area (Å²) in [5.74, 6) is -0.174. The fourth-order valence-electron chi connectivity index (χ4n) is 2.82. The topological polar surface area (TPSA) is 129 Å². The Morgan fingerprint density at radius 1 is 1.25 bits per heavy atom. The number of carbonyl (C=O) groups excluding carboxylic acids is 1. The van der Waals surface area contributed by atoms with Gasteiger partial charge in [-0.3, -0.25) is 4.79 Å². The van der Waals surface area contributed by atoms with E-state index in [0.717, 1.165) is 0 Å². The van der Waals surface area contributed by atoms with E-state index in [-0.39, 0.29) is 10.8 Å². The summed E-state index contributed by atoms with van der Waals surface area (Å²) < 4.78 is 19.2. The quantitative estimate of drug-likeness (QED) is 0.592. The Bertz CT molecular complexity index is 1050. The van der Waals surface area contributed by atoms with Crippen molar-refractivity contribution in [3.8, 4) is 6.07 Å². The number of piperazine rings is 1. The highest BCUT2D eigenvalue weighted by Crippen LogP contribution is 2.23. The van der Waals surface area contributed by atoms with Crippen molar-refractivity contribution in [3.63, 3.8) is 0 Å². The zero-order valence-corrected chi connectivity index (χ0v) is 16.7. The van der Waals surface area contributed by atoms with E-state index in [1.54, 1.807) is 28.6 Å². The molecule has 0 aliphatic carbocycles. The minimum Gasteiger partial charge on any atom is -0.399 e. The first-order chi connectivity index (χ1) is 13.3. The van der Waals surface area contributed by atoms with Crippen molar-refractivity contribution in [1.82, 2.24) is 14.3 Å². The molecular formula is C17H18ClN7O2S. The molecule has 11 heteroatoms. The first-order valence-electron chi connectivity index (χ1n) is 8.40. The summed E-state index contributed by atoms with van der Waals surface area (Å²) in [4.78, 5) is 22.3. The molecule has 1 atom stereocenters. The number of hydrogen-bond acceptors (Lipinski definition) is 7. The molecule has 0 saturated carbocycles. The second kappa shape index (κ2) is 8.10. The first-order valence-corrected chi connectivity index (χ1v) is 10.2. The van der Waals surface area contributed by atoms with Crippen molar-refractivity contribution >= 4 is 39.1 Å². The van der Waals surface area contributed by atoms with Gasteiger partial charge in [-0.05, 0) is 24.3 Å². The van der Waals surface area contributed by atoms with Gasteiger partial charge in [-0.1, -0.05) is 11.6 Å². The number of amides is 1. The molecule has 1 fully saturated rings. The van der Waals surface area contributed by atoms with E-state index in [1.165, 1.54) is 13.0 Å². The van der Waals surface area contributed by atoms with Gasteiger partial charge in [-0.15, -0.1) is 4.36 Å². The number of nitriles is 1. The molecule has 1 aliphatic rings. The SMILES string of the molecule is CC(=O)N=S(=O)(c1ccc(N)cc1)N1CCN(c2nc(Cl)cc(C#N)n2)CC1. The normalized spacial score (nSPS) is 16.8. The summed E-state index contributed by atoms with van der Waals surface area (Å²) in [7, 11) is -3.10. The van der Waals surface area contributed by atoms with Crippen LogP contribution in [0.15, 0.2) is 39.6 Å². The lowest BCUT2D eigenvalue weighted by molar-refractivity contribution is -0.115.